The highest BCUT2D eigenvalue weighted by Gasteiger charge is 2.52. The summed E-state index contributed by atoms with van der Waals surface area (Å²) in [6, 6.07) is 1.24. The van der Waals surface area contributed by atoms with Crippen molar-refractivity contribution in [3.8, 4) is 0 Å². The minimum absolute atomic E-state index is 0.0137. The maximum absolute atomic E-state index is 11.8. The van der Waals surface area contributed by atoms with Crippen molar-refractivity contribution in [3.05, 3.63) is 0 Å². The molecule has 4 aliphatic heterocycles. The molecule has 120 valence electrons. The van der Waals surface area contributed by atoms with Crippen molar-refractivity contribution in [2.75, 3.05) is 33.3 Å². The number of esters is 1. The van der Waals surface area contributed by atoms with Gasteiger partial charge in [0.05, 0.1) is 13.0 Å². The van der Waals surface area contributed by atoms with Crippen LogP contribution in [0.15, 0.2) is 0 Å². The Hall–Kier alpha value is -0.610. The zero-order valence-electron chi connectivity index (χ0n) is 13.8. The van der Waals surface area contributed by atoms with E-state index in [2.05, 4.69) is 16.7 Å². The number of hydrogen-bond donors (Lipinski definition) is 0. The summed E-state index contributed by atoms with van der Waals surface area (Å²) in [5.41, 5.74) is 0. The molecule has 4 fully saturated rings. The molecular weight excluding hydrogens is 264 g/mol. The summed E-state index contributed by atoms with van der Waals surface area (Å²) in [6.07, 6.45) is 4.94. The summed E-state index contributed by atoms with van der Waals surface area (Å²) in [5, 5.41) is 0. The quantitative estimate of drug-likeness (QED) is 0.726. The summed E-state index contributed by atoms with van der Waals surface area (Å²) in [4.78, 5) is 17.2. The number of ether oxygens (including phenoxy) is 1. The highest BCUT2D eigenvalue weighted by molar-refractivity contribution is 5.71. The first-order chi connectivity index (χ1) is 10.2. The number of hydrogen-bond acceptors (Lipinski definition) is 4. The Morgan fingerprint density at radius 2 is 2.05 bits per heavy atom. The van der Waals surface area contributed by atoms with E-state index in [0.717, 1.165) is 18.3 Å². The number of methoxy groups -OCH3 is 1. The van der Waals surface area contributed by atoms with Crippen LogP contribution in [0.2, 0.25) is 0 Å². The summed E-state index contributed by atoms with van der Waals surface area (Å²) >= 11 is 0. The molecule has 4 aliphatic rings. The third-order valence-corrected chi connectivity index (χ3v) is 6.06. The van der Waals surface area contributed by atoms with Crippen molar-refractivity contribution >= 4 is 5.97 Å². The van der Waals surface area contributed by atoms with Gasteiger partial charge >= 0.3 is 5.97 Å². The molecule has 0 aromatic rings. The lowest BCUT2D eigenvalue weighted by Gasteiger charge is -2.49. The van der Waals surface area contributed by atoms with Crippen LogP contribution >= 0.6 is 0 Å². The van der Waals surface area contributed by atoms with Crippen molar-refractivity contribution in [1.82, 2.24) is 9.80 Å². The number of rotatable bonds is 5. The standard InChI is InChI=1S/C17H30N2O2/c1-4-7-19-11-14-13-5-8-18(9-6-13)16(14)15(19)10-12(2)17(20)21-3/h12-16H,4-11H2,1-3H3. The summed E-state index contributed by atoms with van der Waals surface area (Å²) in [7, 11) is 1.51. The van der Waals surface area contributed by atoms with Gasteiger partial charge in [-0.3, -0.25) is 14.6 Å². The molecule has 0 aromatic heterocycles. The minimum Gasteiger partial charge on any atom is -0.469 e. The molecule has 0 N–H and O–H groups in total. The molecule has 0 spiro atoms. The maximum atomic E-state index is 11.8. The lowest BCUT2D eigenvalue weighted by molar-refractivity contribution is -0.145. The summed E-state index contributed by atoms with van der Waals surface area (Å²) in [6.45, 7) is 9.26. The van der Waals surface area contributed by atoms with Gasteiger partial charge in [-0.25, -0.2) is 0 Å². The average molecular weight is 294 g/mol. The monoisotopic (exact) mass is 294 g/mol. The second-order valence-corrected chi connectivity index (χ2v) is 7.25. The van der Waals surface area contributed by atoms with Gasteiger partial charge in [-0.15, -0.1) is 0 Å². The number of fused-ring (bicyclic) bond motifs is 2. The first-order valence-electron chi connectivity index (χ1n) is 8.71. The zero-order valence-corrected chi connectivity index (χ0v) is 13.8. The van der Waals surface area contributed by atoms with Crippen molar-refractivity contribution in [2.45, 2.75) is 51.6 Å². The van der Waals surface area contributed by atoms with E-state index in [4.69, 9.17) is 4.74 Å². The topological polar surface area (TPSA) is 32.8 Å². The molecule has 4 atom stereocenters. The minimum atomic E-state index is -0.0501. The first-order valence-corrected chi connectivity index (χ1v) is 8.71. The van der Waals surface area contributed by atoms with Gasteiger partial charge in [-0.2, -0.15) is 0 Å². The first kappa shape index (κ1) is 15.3. The Labute approximate surface area is 128 Å². The van der Waals surface area contributed by atoms with Crippen molar-refractivity contribution in [3.63, 3.8) is 0 Å². The number of nitrogens with zero attached hydrogens (tertiary/aromatic N) is 2. The summed E-state index contributed by atoms with van der Waals surface area (Å²) in [5.74, 6) is 1.73. The smallest absolute Gasteiger partial charge is 0.308 e. The molecule has 4 unspecified atom stereocenters. The Balaban J connectivity index is 1.76. The van der Waals surface area contributed by atoms with E-state index in [0.29, 0.717) is 12.1 Å². The molecule has 4 rings (SSSR count). The third kappa shape index (κ3) is 2.72. The Morgan fingerprint density at radius 1 is 1.33 bits per heavy atom. The number of carbonyl (C=O) groups is 1. The van der Waals surface area contributed by atoms with E-state index in [-0.39, 0.29) is 11.9 Å². The Bertz CT molecular complexity index is 379. The van der Waals surface area contributed by atoms with Gasteiger partial charge in [0.2, 0.25) is 0 Å². The summed E-state index contributed by atoms with van der Waals surface area (Å²) < 4.78 is 4.94. The van der Waals surface area contributed by atoms with Crippen molar-refractivity contribution in [2.24, 2.45) is 17.8 Å². The molecule has 21 heavy (non-hydrogen) atoms. The maximum Gasteiger partial charge on any atom is 0.308 e. The molecule has 2 bridgehead atoms. The number of piperidine rings is 3. The SMILES string of the molecule is CCCN1CC2C3CCN(CC3)C2C1CC(C)C(=O)OC. The lowest BCUT2D eigenvalue weighted by Crippen LogP contribution is -2.57. The van der Waals surface area contributed by atoms with E-state index in [1.807, 2.05) is 6.92 Å². The predicted molar refractivity (Wildman–Crippen MR) is 83.0 cm³/mol. The molecule has 0 aliphatic carbocycles. The van der Waals surface area contributed by atoms with E-state index in [9.17, 15) is 4.79 Å². The second kappa shape index (κ2) is 6.25. The molecule has 4 heteroatoms. The van der Waals surface area contributed by atoms with Crippen LogP contribution in [0, 0.1) is 17.8 Å². The highest BCUT2D eigenvalue weighted by atomic mass is 16.5. The van der Waals surface area contributed by atoms with E-state index in [1.165, 1.54) is 52.6 Å². The van der Waals surface area contributed by atoms with Crippen LogP contribution in [0.4, 0.5) is 0 Å². The zero-order chi connectivity index (χ0) is 15.0. The van der Waals surface area contributed by atoms with E-state index < -0.39 is 0 Å². The second-order valence-electron chi connectivity index (χ2n) is 7.25. The molecule has 0 aromatic carbocycles. The van der Waals surface area contributed by atoms with Gasteiger partial charge < -0.3 is 4.74 Å². The van der Waals surface area contributed by atoms with Gasteiger partial charge in [0.25, 0.3) is 0 Å². The molecule has 4 nitrogen and oxygen atoms in total. The van der Waals surface area contributed by atoms with Crippen LogP contribution in [-0.4, -0.2) is 61.1 Å². The highest BCUT2D eigenvalue weighted by Crippen LogP contribution is 2.45. The lowest BCUT2D eigenvalue weighted by atomic mass is 9.73. The molecule has 0 amide bonds. The van der Waals surface area contributed by atoms with Crippen LogP contribution < -0.4 is 0 Å². The van der Waals surface area contributed by atoms with Crippen LogP contribution in [0.3, 0.4) is 0 Å². The fourth-order valence-corrected chi connectivity index (χ4v) is 5.10. The average Bonchev–Trinajstić information content (AvgIpc) is 2.88. The van der Waals surface area contributed by atoms with Crippen LogP contribution in [-0.2, 0) is 9.53 Å². The van der Waals surface area contributed by atoms with Crippen molar-refractivity contribution < 1.29 is 9.53 Å². The number of carbonyl (C=O) groups excluding carboxylic acids is 1. The molecule has 0 radical (unpaired) electrons. The van der Waals surface area contributed by atoms with Gasteiger partial charge in [-0.1, -0.05) is 13.8 Å². The fraction of sp³-hybridized carbons (Fsp3) is 0.941. The van der Waals surface area contributed by atoms with Crippen LogP contribution in [0.5, 0.6) is 0 Å². The van der Waals surface area contributed by atoms with Gasteiger partial charge in [-0.05, 0) is 57.2 Å². The molecule has 0 saturated carbocycles. The third-order valence-electron chi connectivity index (χ3n) is 6.06. The molecular formula is C17H30N2O2. The fourth-order valence-electron chi connectivity index (χ4n) is 5.10. The molecule has 4 heterocycles. The van der Waals surface area contributed by atoms with Gasteiger partial charge in [0.15, 0.2) is 0 Å². The number of likely N-dealkylation sites (tertiary alicyclic amines) is 1. The van der Waals surface area contributed by atoms with Gasteiger partial charge in [0.1, 0.15) is 0 Å². The van der Waals surface area contributed by atoms with Crippen LogP contribution in [0.1, 0.15) is 39.5 Å². The van der Waals surface area contributed by atoms with E-state index >= 15 is 0 Å². The molecule has 4 saturated heterocycles. The van der Waals surface area contributed by atoms with Gasteiger partial charge in [0, 0.05) is 18.6 Å². The Morgan fingerprint density at radius 3 is 2.67 bits per heavy atom. The largest absolute Gasteiger partial charge is 0.469 e. The predicted octanol–water partition coefficient (Wildman–Crippen LogP) is 1.99. The normalized spacial score (nSPS) is 40.0. The Kier molecular flexibility index (Phi) is 4.55. The van der Waals surface area contributed by atoms with Crippen LogP contribution in [0.25, 0.3) is 0 Å². The van der Waals surface area contributed by atoms with Crippen molar-refractivity contribution in [1.29, 1.82) is 0 Å². The van der Waals surface area contributed by atoms with E-state index in [1.54, 1.807) is 0 Å².